The SMILES string of the molecule is COc1cccc(-c2cc(C(=O)NC3CCCN(Cc4cccs4)C3)[nH]n2)c1. The molecule has 0 spiro atoms. The van der Waals surface area contributed by atoms with Crippen LogP contribution in [0, 0.1) is 0 Å². The number of amides is 1. The number of aromatic amines is 1. The third-order valence-electron chi connectivity index (χ3n) is 4.99. The van der Waals surface area contributed by atoms with Gasteiger partial charge in [-0.15, -0.1) is 11.3 Å². The lowest BCUT2D eigenvalue weighted by Gasteiger charge is -2.32. The Bertz CT molecular complexity index is 922. The number of ether oxygens (including phenoxy) is 1. The van der Waals surface area contributed by atoms with Gasteiger partial charge in [-0.3, -0.25) is 14.8 Å². The van der Waals surface area contributed by atoms with Gasteiger partial charge in [0.1, 0.15) is 11.4 Å². The van der Waals surface area contributed by atoms with Gasteiger partial charge in [-0.25, -0.2) is 0 Å². The molecule has 1 aliphatic heterocycles. The zero-order valence-electron chi connectivity index (χ0n) is 15.9. The van der Waals surface area contributed by atoms with Gasteiger partial charge in [0.05, 0.1) is 12.8 Å². The molecule has 3 heterocycles. The van der Waals surface area contributed by atoms with E-state index in [9.17, 15) is 4.79 Å². The number of H-pyrrole nitrogens is 1. The average Bonchev–Trinajstić information content (AvgIpc) is 3.40. The summed E-state index contributed by atoms with van der Waals surface area (Å²) in [4.78, 5) is 16.5. The summed E-state index contributed by atoms with van der Waals surface area (Å²) in [5.74, 6) is 0.657. The van der Waals surface area contributed by atoms with Crippen LogP contribution in [0.3, 0.4) is 0 Å². The van der Waals surface area contributed by atoms with Crippen LogP contribution in [0.5, 0.6) is 5.75 Å². The topological polar surface area (TPSA) is 70.2 Å². The number of hydrogen-bond donors (Lipinski definition) is 2. The summed E-state index contributed by atoms with van der Waals surface area (Å²) in [5.41, 5.74) is 2.12. The lowest BCUT2D eigenvalue weighted by atomic mass is 10.1. The van der Waals surface area contributed by atoms with E-state index in [4.69, 9.17) is 4.74 Å². The standard InChI is InChI=1S/C21H24N4O2S/c1-27-17-7-2-5-15(11-17)19-12-20(24-23-19)21(26)22-16-6-3-9-25(13-16)14-18-8-4-10-28-18/h2,4-5,7-8,10-12,16H,3,6,9,13-14H2,1H3,(H,22,26)(H,23,24). The zero-order chi connectivity index (χ0) is 19.3. The van der Waals surface area contributed by atoms with Crippen molar-refractivity contribution in [1.82, 2.24) is 20.4 Å². The largest absolute Gasteiger partial charge is 0.497 e. The molecule has 1 saturated heterocycles. The van der Waals surface area contributed by atoms with Gasteiger partial charge in [-0.05, 0) is 49.0 Å². The predicted octanol–water partition coefficient (Wildman–Crippen LogP) is 3.54. The molecular formula is C21H24N4O2S. The molecule has 1 fully saturated rings. The highest BCUT2D eigenvalue weighted by atomic mass is 32.1. The number of methoxy groups -OCH3 is 1. The van der Waals surface area contributed by atoms with E-state index >= 15 is 0 Å². The number of nitrogens with one attached hydrogen (secondary N) is 2. The Morgan fingerprint density at radius 1 is 1.36 bits per heavy atom. The number of piperidine rings is 1. The molecule has 1 atom stereocenters. The molecule has 0 bridgehead atoms. The van der Waals surface area contributed by atoms with Crippen LogP contribution in [0.4, 0.5) is 0 Å². The Hall–Kier alpha value is -2.64. The molecule has 28 heavy (non-hydrogen) atoms. The summed E-state index contributed by atoms with van der Waals surface area (Å²) in [5, 5.41) is 12.4. The Kier molecular flexibility index (Phi) is 5.73. The van der Waals surface area contributed by atoms with Crippen molar-refractivity contribution in [3.8, 4) is 17.0 Å². The van der Waals surface area contributed by atoms with E-state index < -0.39 is 0 Å². The molecule has 0 radical (unpaired) electrons. The van der Waals surface area contributed by atoms with Crippen LogP contribution in [0.1, 0.15) is 28.2 Å². The highest BCUT2D eigenvalue weighted by Crippen LogP contribution is 2.23. The summed E-state index contributed by atoms with van der Waals surface area (Å²) in [6, 6.07) is 13.8. The molecule has 2 aromatic heterocycles. The summed E-state index contributed by atoms with van der Waals surface area (Å²) in [6.45, 7) is 2.91. The molecule has 7 heteroatoms. The molecule has 1 unspecified atom stereocenters. The molecule has 0 aliphatic carbocycles. The maximum Gasteiger partial charge on any atom is 0.269 e. The molecule has 6 nitrogen and oxygen atoms in total. The monoisotopic (exact) mass is 396 g/mol. The molecule has 1 aliphatic rings. The first-order valence-electron chi connectivity index (χ1n) is 9.47. The van der Waals surface area contributed by atoms with Gasteiger partial charge < -0.3 is 10.1 Å². The summed E-state index contributed by atoms with van der Waals surface area (Å²) in [7, 11) is 1.63. The van der Waals surface area contributed by atoms with Crippen molar-refractivity contribution in [3.63, 3.8) is 0 Å². The lowest BCUT2D eigenvalue weighted by Crippen LogP contribution is -2.47. The highest BCUT2D eigenvalue weighted by Gasteiger charge is 2.23. The Balaban J connectivity index is 1.37. The normalized spacial score (nSPS) is 17.4. The predicted molar refractivity (Wildman–Crippen MR) is 111 cm³/mol. The Morgan fingerprint density at radius 2 is 2.29 bits per heavy atom. The fourth-order valence-electron chi connectivity index (χ4n) is 3.57. The number of benzene rings is 1. The summed E-state index contributed by atoms with van der Waals surface area (Å²) in [6.07, 6.45) is 2.10. The van der Waals surface area contributed by atoms with Crippen molar-refractivity contribution in [1.29, 1.82) is 0 Å². The average molecular weight is 397 g/mol. The van der Waals surface area contributed by atoms with E-state index in [2.05, 4.69) is 37.9 Å². The van der Waals surface area contributed by atoms with Crippen LogP contribution < -0.4 is 10.1 Å². The number of rotatable bonds is 6. The fourth-order valence-corrected chi connectivity index (χ4v) is 4.32. The van der Waals surface area contributed by atoms with Crippen molar-refractivity contribution in [2.75, 3.05) is 20.2 Å². The second-order valence-corrected chi connectivity index (χ2v) is 8.06. The second-order valence-electron chi connectivity index (χ2n) is 7.03. The number of aromatic nitrogens is 2. The maximum atomic E-state index is 12.7. The molecular weight excluding hydrogens is 372 g/mol. The van der Waals surface area contributed by atoms with Crippen LogP contribution in [-0.4, -0.2) is 47.2 Å². The lowest BCUT2D eigenvalue weighted by molar-refractivity contribution is 0.0896. The maximum absolute atomic E-state index is 12.7. The minimum atomic E-state index is -0.107. The molecule has 146 valence electrons. The van der Waals surface area contributed by atoms with Crippen molar-refractivity contribution in [2.45, 2.75) is 25.4 Å². The number of likely N-dealkylation sites (tertiary alicyclic amines) is 1. The molecule has 3 aromatic rings. The quantitative estimate of drug-likeness (QED) is 0.669. The van der Waals surface area contributed by atoms with Crippen LogP contribution in [0.15, 0.2) is 47.8 Å². The van der Waals surface area contributed by atoms with E-state index in [1.165, 1.54) is 4.88 Å². The van der Waals surface area contributed by atoms with Crippen LogP contribution in [-0.2, 0) is 6.54 Å². The third kappa shape index (κ3) is 4.43. The van der Waals surface area contributed by atoms with Gasteiger partial charge in [0, 0.05) is 29.6 Å². The third-order valence-corrected chi connectivity index (χ3v) is 5.85. The second kappa shape index (κ2) is 8.58. The van der Waals surface area contributed by atoms with Crippen LogP contribution in [0.2, 0.25) is 0 Å². The van der Waals surface area contributed by atoms with Gasteiger partial charge >= 0.3 is 0 Å². The number of hydrogen-bond acceptors (Lipinski definition) is 5. The molecule has 1 aromatic carbocycles. The van der Waals surface area contributed by atoms with E-state index in [1.807, 2.05) is 24.3 Å². The first kappa shape index (κ1) is 18.7. The van der Waals surface area contributed by atoms with Gasteiger partial charge in [0.15, 0.2) is 0 Å². The number of thiophene rings is 1. The van der Waals surface area contributed by atoms with Crippen LogP contribution >= 0.6 is 11.3 Å². The highest BCUT2D eigenvalue weighted by molar-refractivity contribution is 7.09. The number of carbonyl (C=O) groups excluding carboxylic acids is 1. The molecule has 2 N–H and O–H groups in total. The number of nitrogens with zero attached hydrogens (tertiary/aromatic N) is 2. The molecule has 0 saturated carbocycles. The minimum absolute atomic E-state index is 0.107. The van der Waals surface area contributed by atoms with Gasteiger partial charge in [-0.1, -0.05) is 18.2 Å². The molecule has 4 rings (SSSR count). The smallest absolute Gasteiger partial charge is 0.269 e. The van der Waals surface area contributed by atoms with Crippen molar-refractivity contribution >= 4 is 17.2 Å². The Morgan fingerprint density at radius 3 is 3.11 bits per heavy atom. The van der Waals surface area contributed by atoms with E-state index in [0.29, 0.717) is 5.69 Å². The van der Waals surface area contributed by atoms with Crippen molar-refractivity contribution in [2.24, 2.45) is 0 Å². The van der Waals surface area contributed by atoms with Gasteiger partial charge in [-0.2, -0.15) is 5.10 Å². The van der Waals surface area contributed by atoms with Crippen molar-refractivity contribution in [3.05, 3.63) is 58.4 Å². The van der Waals surface area contributed by atoms with E-state index in [0.717, 1.165) is 49.5 Å². The fraction of sp³-hybridized carbons (Fsp3) is 0.333. The first-order chi connectivity index (χ1) is 13.7. The summed E-state index contributed by atoms with van der Waals surface area (Å²) < 4.78 is 5.26. The van der Waals surface area contributed by atoms with Crippen molar-refractivity contribution < 1.29 is 9.53 Å². The van der Waals surface area contributed by atoms with Gasteiger partial charge in [0.2, 0.25) is 0 Å². The van der Waals surface area contributed by atoms with Crippen LogP contribution in [0.25, 0.3) is 11.3 Å². The van der Waals surface area contributed by atoms with Gasteiger partial charge in [0.25, 0.3) is 5.91 Å². The zero-order valence-corrected chi connectivity index (χ0v) is 16.7. The summed E-state index contributed by atoms with van der Waals surface area (Å²) >= 11 is 1.78. The number of carbonyl (C=O) groups is 1. The molecule has 1 amide bonds. The minimum Gasteiger partial charge on any atom is -0.497 e. The first-order valence-corrected chi connectivity index (χ1v) is 10.3. The van der Waals surface area contributed by atoms with E-state index in [1.54, 1.807) is 24.5 Å². The Labute approximate surface area is 168 Å². The van der Waals surface area contributed by atoms with E-state index in [-0.39, 0.29) is 11.9 Å².